The molecule has 3 heteroatoms. The minimum Gasteiger partial charge on any atom is -0.508 e. The normalized spacial score (nSPS) is 22.9. The fourth-order valence-electron chi connectivity index (χ4n) is 1.83. The molecule has 0 aliphatic carbocycles. The second-order valence-electron chi connectivity index (χ2n) is 4.06. The standard InChI is InChI=1S/C12H17NO2/c1-10-9-15-7-6-13(10)8-11-2-4-12(14)5-3-11/h2-5,10,14H,6-9H2,1H3. The maximum Gasteiger partial charge on any atom is 0.115 e. The molecule has 15 heavy (non-hydrogen) atoms. The second-order valence-corrected chi connectivity index (χ2v) is 4.06. The van der Waals surface area contributed by atoms with Crippen LogP contribution < -0.4 is 0 Å². The summed E-state index contributed by atoms with van der Waals surface area (Å²) in [6, 6.07) is 7.89. The number of hydrogen-bond donors (Lipinski definition) is 1. The minimum atomic E-state index is 0.328. The first-order chi connectivity index (χ1) is 7.25. The van der Waals surface area contributed by atoms with Crippen molar-refractivity contribution in [2.75, 3.05) is 19.8 Å². The first-order valence-corrected chi connectivity index (χ1v) is 5.35. The molecule has 1 N–H and O–H groups in total. The first kappa shape index (κ1) is 10.5. The van der Waals surface area contributed by atoms with Crippen LogP contribution in [0.4, 0.5) is 0 Å². The summed E-state index contributed by atoms with van der Waals surface area (Å²) in [5, 5.41) is 9.18. The molecule has 0 amide bonds. The van der Waals surface area contributed by atoms with Gasteiger partial charge in [0.25, 0.3) is 0 Å². The van der Waals surface area contributed by atoms with Gasteiger partial charge in [0.05, 0.1) is 13.2 Å². The lowest BCUT2D eigenvalue weighted by atomic mass is 10.1. The van der Waals surface area contributed by atoms with Crippen LogP contribution in [0.2, 0.25) is 0 Å². The van der Waals surface area contributed by atoms with Gasteiger partial charge in [-0.15, -0.1) is 0 Å². The Hall–Kier alpha value is -1.06. The van der Waals surface area contributed by atoms with E-state index in [1.165, 1.54) is 5.56 Å². The van der Waals surface area contributed by atoms with E-state index in [1.54, 1.807) is 12.1 Å². The lowest BCUT2D eigenvalue weighted by Crippen LogP contribution is -2.42. The lowest BCUT2D eigenvalue weighted by molar-refractivity contribution is -0.00437. The molecule has 1 aromatic carbocycles. The monoisotopic (exact) mass is 207 g/mol. The fourth-order valence-corrected chi connectivity index (χ4v) is 1.83. The van der Waals surface area contributed by atoms with Gasteiger partial charge in [0.15, 0.2) is 0 Å². The van der Waals surface area contributed by atoms with Crippen molar-refractivity contribution >= 4 is 0 Å². The topological polar surface area (TPSA) is 32.7 Å². The van der Waals surface area contributed by atoms with Gasteiger partial charge in [-0.3, -0.25) is 4.90 Å². The van der Waals surface area contributed by atoms with E-state index < -0.39 is 0 Å². The van der Waals surface area contributed by atoms with Crippen molar-refractivity contribution < 1.29 is 9.84 Å². The Labute approximate surface area is 90.3 Å². The smallest absolute Gasteiger partial charge is 0.115 e. The van der Waals surface area contributed by atoms with Crippen LogP contribution in [0.3, 0.4) is 0 Å². The fraction of sp³-hybridized carbons (Fsp3) is 0.500. The van der Waals surface area contributed by atoms with Crippen LogP contribution in [-0.4, -0.2) is 35.8 Å². The number of phenols is 1. The highest BCUT2D eigenvalue weighted by molar-refractivity contribution is 5.25. The molecule has 3 nitrogen and oxygen atoms in total. The van der Waals surface area contributed by atoms with Crippen LogP contribution in [0.15, 0.2) is 24.3 Å². The van der Waals surface area contributed by atoms with Gasteiger partial charge in [-0.25, -0.2) is 0 Å². The van der Waals surface area contributed by atoms with E-state index in [2.05, 4.69) is 11.8 Å². The van der Waals surface area contributed by atoms with E-state index >= 15 is 0 Å². The summed E-state index contributed by atoms with van der Waals surface area (Å²) >= 11 is 0. The molecule has 1 aliphatic heterocycles. The van der Waals surface area contributed by atoms with Crippen molar-refractivity contribution in [2.45, 2.75) is 19.5 Å². The van der Waals surface area contributed by atoms with Crippen LogP contribution in [0, 0.1) is 0 Å². The number of hydrogen-bond acceptors (Lipinski definition) is 3. The van der Waals surface area contributed by atoms with Crippen LogP contribution in [0.5, 0.6) is 5.75 Å². The number of ether oxygens (including phenoxy) is 1. The van der Waals surface area contributed by atoms with Crippen molar-refractivity contribution in [3.63, 3.8) is 0 Å². The second kappa shape index (κ2) is 4.64. The largest absolute Gasteiger partial charge is 0.508 e. The van der Waals surface area contributed by atoms with Crippen LogP contribution in [0.1, 0.15) is 12.5 Å². The highest BCUT2D eigenvalue weighted by Gasteiger charge is 2.18. The molecular formula is C12H17NO2. The lowest BCUT2D eigenvalue weighted by Gasteiger charge is -2.33. The zero-order valence-corrected chi connectivity index (χ0v) is 9.02. The van der Waals surface area contributed by atoms with E-state index in [9.17, 15) is 5.11 Å². The molecule has 1 aromatic rings. The molecule has 1 saturated heterocycles. The van der Waals surface area contributed by atoms with E-state index in [-0.39, 0.29) is 0 Å². The Bertz CT molecular complexity index is 310. The molecule has 1 heterocycles. The first-order valence-electron chi connectivity index (χ1n) is 5.35. The van der Waals surface area contributed by atoms with E-state index in [1.807, 2.05) is 12.1 Å². The van der Waals surface area contributed by atoms with Crippen molar-refractivity contribution in [3.8, 4) is 5.75 Å². The summed E-state index contributed by atoms with van der Waals surface area (Å²) in [5.41, 5.74) is 1.24. The third-order valence-corrected chi connectivity index (χ3v) is 2.83. The summed E-state index contributed by atoms with van der Waals surface area (Å²) in [6.07, 6.45) is 0. The zero-order valence-electron chi connectivity index (χ0n) is 9.02. The maximum atomic E-state index is 9.18. The molecule has 1 aliphatic rings. The Morgan fingerprint density at radius 2 is 2.13 bits per heavy atom. The van der Waals surface area contributed by atoms with Crippen LogP contribution in [0.25, 0.3) is 0 Å². The Balaban J connectivity index is 1.98. The summed E-state index contributed by atoms with van der Waals surface area (Å²) < 4.78 is 5.39. The van der Waals surface area contributed by atoms with E-state index in [0.29, 0.717) is 11.8 Å². The minimum absolute atomic E-state index is 0.328. The molecule has 0 bridgehead atoms. The number of morpholine rings is 1. The zero-order chi connectivity index (χ0) is 10.7. The summed E-state index contributed by atoms with van der Waals surface area (Å²) in [7, 11) is 0. The average Bonchev–Trinajstić information content (AvgIpc) is 2.25. The Morgan fingerprint density at radius 1 is 1.40 bits per heavy atom. The van der Waals surface area contributed by atoms with Crippen molar-refractivity contribution in [2.24, 2.45) is 0 Å². The number of nitrogens with zero attached hydrogens (tertiary/aromatic N) is 1. The maximum absolute atomic E-state index is 9.18. The molecule has 0 radical (unpaired) electrons. The van der Waals surface area contributed by atoms with Crippen molar-refractivity contribution in [3.05, 3.63) is 29.8 Å². The van der Waals surface area contributed by atoms with Gasteiger partial charge < -0.3 is 9.84 Å². The molecule has 0 aromatic heterocycles. The number of benzene rings is 1. The van der Waals surface area contributed by atoms with Crippen LogP contribution in [-0.2, 0) is 11.3 Å². The third kappa shape index (κ3) is 2.70. The van der Waals surface area contributed by atoms with Gasteiger partial charge >= 0.3 is 0 Å². The Morgan fingerprint density at radius 3 is 2.80 bits per heavy atom. The SMILES string of the molecule is CC1COCCN1Cc1ccc(O)cc1. The molecule has 2 rings (SSSR count). The molecule has 1 fully saturated rings. The molecule has 82 valence electrons. The van der Waals surface area contributed by atoms with E-state index in [4.69, 9.17) is 4.74 Å². The molecule has 1 atom stereocenters. The van der Waals surface area contributed by atoms with Gasteiger partial charge in [0.2, 0.25) is 0 Å². The third-order valence-electron chi connectivity index (χ3n) is 2.83. The summed E-state index contributed by atoms with van der Waals surface area (Å²) in [4.78, 5) is 2.40. The Kier molecular flexibility index (Phi) is 3.23. The van der Waals surface area contributed by atoms with Crippen molar-refractivity contribution in [1.82, 2.24) is 4.90 Å². The quantitative estimate of drug-likeness (QED) is 0.799. The molecule has 1 unspecified atom stereocenters. The average molecular weight is 207 g/mol. The summed E-state index contributed by atoms with van der Waals surface area (Å²) in [6.45, 7) is 5.74. The van der Waals surface area contributed by atoms with E-state index in [0.717, 1.165) is 26.3 Å². The number of rotatable bonds is 2. The van der Waals surface area contributed by atoms with Gasteiger partial charge in [0.1, 0.15) is 5.75 Å². The summed E-state index contributed by atoms with van der Waals surface area (Å²) in [5.74, 6) is 0.328. The van der Waals surface area contributed by atoms with Crippen molar-refractivity contribution in [1.29, 1.82) is 0 Å². The number of aromatic hydroxyl groups is 1. The predicted octanol–water partition coefficient (Wildman–Crippen LogP) is 1.61. The highest BCUT2D eigenvalue weighted by Crippen LogP contribution is 2.14. The predicted molar refractivity (Wildman–Crippen MR) is 58.8 cm³/mol. The van der Waals surface area contributed by atoms with Crippen LogP contribution >= 0.6 is 0 Å². The molecular weight excluding hydrogens is 190 g/mol. The van der Waals surface area contributed by atoms with Gasteiger partial charge in [-0.1, -0.05) is 12.1 Å². The molecule has 0 saturated carbocycles. The van der Waals surface area contributed by atoms with Gasteiger partial charge in [-0.05, 0) is 24.6 Å². The van der Waals surface area contributed by atoms with Gasteiger partial charge in [-0.2, -0.15) is 0 Å². The number of phenolic OH excluding ortho intramolecular Hbond substituents is 1. The molecule has 0 spiro atoms. The highest BCUT2D eigenvalue weighted by atomic mass is 16.5. The van der Waals surface area contributed by atoms with Gasteiger partial charge in [0, 0.05) is 19.1 Å².